The maximum absolute atomic E-state index is 10.8. The van der Waals surface area contributed by atoms with Crippen molar-refractivity contribution in [2.75, 3.05) is 0 Å². The summed E-state index contributed by atoms with van der Waals surface area (Å²) in [6, 6.07) is 7.71. The molecule has 2 rings (SSSR count). The highest BCUT2D eigenvalue weighted by atomic mass is 32.1. The molecule has 5 heteroatoms. The number of carbonyl (C=O) groups excluding carboxylic acids is 1. The Balaban J connectivity index is 2.24. The summed E-state index contributed by atoms with van der Waals surface area (Å²) in [6.07, 6.45) is 0. The molecule has 0 spiro atoms. The van der Waals surface area contributed by atoms with E-state index in [1.165, 1.54) is 6.92 Å². The van der Waals surface area contributed by atoms with Crippen molar-refractivity contribution in [2.45, 2.75) is 27.1 Å². The van der Waals surface area contributed by atoms with Crippen molar-refractivity contribution in [1.82, 2.24) is 4.98 Å². The molecule has 1 N–H and O–H groups in total. The quantitative estimate of drug-likeness (QED) is 0.873. The number of rotatable bonds is 4. The van der Waals surface area contributed by atoms with Gasteiger partial charge in [-0.15, -0.1) is 11.3 Å². The second kappa shape index (κ2) is 5.95. The van der Waals surface area contributed by atoms with Gasteiger partial charge in [-0.05, 0) is 18.6 Å². The van der Waals surface area contributed by atoms with Crippen molar-refractivity contribution >= 4 is 17.3 Å². The number of aromatic nitrogens is 1. The summed E-state index contributed by atoms with van der Waals surface area (Å²) < 4.78 is 4.97. The van der Waals surface area contributed by atoms with Gasteiger partial charge in [0.2, 0.25) is 0 Å². The Labute approximate surface area is 115 Å². The summed E-state index contributed by atoms with van der Waals surface area (Å²) in [5, 5.41) is 10.0. The number of esters is 1. The van der Waals surface area contributed by atoms with Gasteiger partial charge in [0.05, 0.1) is 12.3 Å². The molecule has 0 fully saturated rings. The molecule has 19 heavy (non-hydrogen) atoms. The van der Waals surface area contributed by atoms with E-state index >= 15 is 0 Å². The lowest BCUT2D eigenvalue weighted by Gasteiger charge is -2.03. The predicted molar refractivity (Wildman–Crippen MR) is 73.7 cm³/mol. The monoisotopic (exact) mass is 277 g/mol. The van der Waals surface area contributed by atoms with E-state index in [0.717, 1.165) is 21.0 Å². The van der Waals surface area contributed by atoms with Crippen LogP contribution in [0.25, 0.3) is 10.6 Å². The van der Waals surface area contributed by atoms with Gasteiger partial charge >= 0.3 is 5.97 Å². The molecule has 1 aromatic carbocycles. The molecule has 0 bridgehead atoms. The van der Waals surface area contributed by atoms with Crippen LogP contribution in [0, 0.1) is 6.92 Å². The summed E-state index contributed by atoms with van der Waals surface area (Å²) in [5.41, 5.74) is 2.61. The molecular weight excluding hydrogens is 262 g/mol. The lowest BCUT2D eigenvalue weighted by atomic mass is 10.1. The normalized spacial score (nSPS) is 10.5. The van der Waals surface area contributed by atoms with Gasteiger partial charge in [0.15, 0.2) is 0 Å². The highest BCUT2D eigenvalue weighted by Crippen LogP contribution is 2.28. The van der Waals surface area contributed by atoms with Crippen LogP contribution in [-0.2, 0) is 22.7 Å². The lowest BCUT2D eigenvalue weighted by Crippen LogP contribution is -1.98. The van der Waals surface area contributed by atoms with Gasteiger partial charge in [-0.2, -0.15) is 0 Å². The Bertz CT molecular complexity index is 592. The van der Waals surface area contributed by atoms with Crippen molar-refractivity contribution < 1.29 is 14.6 Å². The first kappa shape index (κ1) is 13.7. The molecule has 0 radical (unpaired) electrons. The van der Waals surface area contributed by atoms with Crippen LogP contribution in [-0.4, -0.2) is 16.1 Å². The van der Waals surface area contributed by atoms with Gasteiger partial charge < -0.3 is 9.84 Å². The van der Waals surface area contributed by atoms with Gasteiger partial charge in [-0.1, -0.05) is 18.2 Å². The summed E-state index contributed by atoms with van der Waals surface area (Å²) in [7, 11) is 0. The minimum atomic E-state index is -0.293. The summed E-state index contributed by atoms with van der Waals surface area (Å²) in [6.45, 7) is 3.55. The highest BCUT2D eigenvalue weighted by molar-refractivity contribution is 7.15. The van der Waals surface area contributed by atoms with Crippen LogP contribution in [0.15, 0.2) is 24.3 Å². The van der Waals surface area contributed by atoms with E-state index in [2.05, 4.69) is 4.98 Å². The van der Waals surface area contributed by atoms with E-state index in [4.69, 9.17) is 9.84 Å². The molecule has 0 aliphatic carbocycles. The van der Waals surface area contributed by atoms with E-state index < -0.39 is 0 Å². The first-order chi connectivity index (χ1) is 9.10. The van der Waals surface area contributed by atoms with Crippen molar-refractivity contribution in [1.29, 1.82) is 0 Å². The number of carbonyl (C=O) groups is 1. The number of hydrogen-bond donors (Lipinski definition) is 1. The number of hydrogen-bond acceptors (Lipinski definition) is 5. The van der Waals surface area contributed by atoms with E-state index in [1.807, 2.05) is 31.2 Å². The van der Waals surface area contributed by atoms with Crippen LogP contribution in [0.2, 0.25) is 0 Å². The number of benzene rings is 1. The fourth-order valence-electron chi connectivity index (χ4n) is 1.68. The highest BCUT2D eigenvalue weighted by Gasteiger charge is 2.09. The Morgan fingerprint density at radius 2 is 2.26 bits per heavy atom. The molecule has 1 heterocycles. The molecule has 4 nitrogen and oxygen atoms in total. The Hall–Kier alpha value is -1.72. The van der Waals surface area contributed by atoms with Crippen LogP contribution in [0.4, 0.5) is 0 Å². The molecule has 100 valence electrons. The maximum atomic E-state index is 10.8. The first-order valence-corrected chi connectivity index (χ1v) is 6.71. The van der Waals surface area contributed by atoms with Gasteiger partial charge in [-0.25, -0.2) is 4.98 Å². The first-order valence-electron chi connectivity index (χ1n) is 5.90. The Kier molecular flexibility index (Phi) is 4.29. The molecule has 0 amide bonds. The zero-order valence-corrected chi connectivity index (χ0v) is 11.7. The van der Waals surface area contributed by atoms with E-state index in [-0.39, 0.29) is 19.2 Å². The van der Waals surface area contributed by atoms with E-state index in [0.29, 0.717) is 5.69 Å². The number of aryl methyl sites for hydroxylation is 1. The number of thiazole rings is 1. The largest absolute Gasteiger partial charge is 0.461 e. The number of aliphatic hydroxyl groups is 1. The maximum Gasteiger partial charge on any atom is 0.302 e. The fourth-order valence-corrected chi connectivity index (χ4v) is 2.60. The fraction of sp³-hybridized carbons (Fsp3) is 0.286. The summed E-state index contributed by atoms with van der Waals surface area (Å²) in [4.78, 5) is 16.2. The number of aliphatic hydroxyl groups excluding tert-OH is 1. The van der Waals surface area contributed by atoms with Crippen LogP contribution >= 0.6 is 11.3 Å². The number of ether oxygens (including phenoxy) is 1. The van der Waals surface area contributed by atoms with Gasteiger partial charge in [-0.3, -0.25) is 4.79 Å². The van der Waals surface area contributed by atoms with Crippen LogP contribution in [0.3, 0.4) is 0 Å². The second-order valence-electron chi connectivity index (χ2n) is 4.16. The lowest BCUT2D eigenvalue weighted by molar-refractivity contribution is -0.142. The summed E-state index contributed by atoms with van der Waals surface area (Å²) in [5.74, 6) is -0.293. The van der Waals surface area contributed by atoms with Gasteiger partial charge in [0.25, 0.3) is 0 Å². The third-order valence-corrected chi connectivity index (χ3v) is 3.72. The average Bonchev–Trinajstić information content (AvgIpc) is 2.78. The molecule has 2 aromatic rings. The van der Waals surface area contributed by atoms with Crippen molar-refractivity contribution in [3.05, 3.63) is 40.4 Å². The molecule has 0 aliphatic heterocycles. The minimum Gasteiger partial charge on any atom is -0.461 e. The molecule has 0 saturated carbocycles. The van der Waals surface area contributed by atoms with Gasteiger partial charge in [0, 0.05) is 17.4 Å². The Morgan fingerprint density at radius 1 is 1.47 bits per heavy atom. The topological polar surface area (TPSA) is 59.4 Å². The molecular formula is C14H15NO3S. The smallest absolute Gasteiger partial charge is 0.302 e. The van der Waals surface area contributed by atoms with Crippen LogP contribution in [0.1, 0.15) is 23.1 Å². The standard InChI is InChI=1S/C14H15NO3S/c1-9-13(7-16)15-14(19-9)12-5-3-4-11(6-12)8-18-10(2)17/h3-6,16H,7-8H2,1-2H3. The third kappa shape index (κ3) is 3.39. The van der Waals surface area contributed by atoms with Crippen LogP contribution < -0.4 is 0 Å². The number of nitrogens with zero attached hydrogens (tertiary/aromatic N) is 1. The molecule has 1 aromatic heterocycles. The van der Waals surface area contributed by atoms with E-state index in [1.54, 1.807) is 11.3 Å². The molecule has 0 atom stereocenters. The average molecular weight is 277 g/mol. The van der Waals surface area contributed by atoms with Crippen LogP contribution in [0.5, 0.6) is 0 Å². The van der Waals surface area contributed by atoms with Gasteiger partial charge in [0.1, 0.15) is 11.6 Å². The van der Waals surface area contributed by atoms with Crippen molar-refractivity contribution in [3.63, 3.8) is 0 Å². The third-order valence-electron chi connectivity index (χ3n) is 2.66. The molecule has 0 unspecified atom stereocenters. The SMILES string of the molecule is CC(=O)OCc1cccc(-c2nc(CO)c(C)s2)c1. The molecule has 0 saturated heterocycles. The minimum absolute atomic E-state index is 0.0462. The van der Waals surface area contributed by atoms with Crippen molar-refractivity contribution in [2.24, 2.45) is 0 Å². The summed E-state index contributed by atoms with van der Waals surface area (Å²) >= 11 is 1.55. The molecule has 0 aliphatic rings. The van der Waals surface area contributed by atoms with Crippen molar-refractivity contribution in [3.8, 4) is 10.6 Å². The predicted octanol–water partition coefficient (Wildman–Crippen LogP) is 2.67. The Morgan fingerprint density at radius 3 is 2.89 bits per heavy atom. The zero-order valence-electron chi connectivity index (χ0n) is 10.8. The van der Waals surface area contributed by atoms with E-state index in [9.17, 15) is 4.79 Å². The zero-order chi connectivity index (χ0) is 13.8. The second-order valence-corrected chi connectivity index (χ2v) is 5.36.